The Morgan fingerprint density at radius 3 is 1.32 bits per heavy atom. The van der Waals surface area contributed by atoms with E-state index in [1.165, 1.54) is 0 Å². The van der Waals surface area contributed by atoms with Gasteiger partial charge in [0, 0.05) is 40.6 Å². The minimum Gasteiger partial charge on any atom is -0.467 e. The smallest absolute Gasteiger partial charge is 0.335 e. The lowest BCUT2D eigenvalue weighted by Gasteiger charge is -2.27. The highest BCUT2D eigenvalue weighted by Gasteiger charge is 2.19. The Bertz CT molecular complexity index is 2590. The van der Waals surface area contributed by atoms with Gasteiger partial charge in [-0.25, -0.2) is 9.59 Å². The first kappa shape index (κ1) is 47.2. The average molecular weight is 889 g/mol. The predicted octanol–water partition coefficient (Wildman–Crippen LogP) is 9.98. The van der Waals surface area contributed by atoms with E-state index in [1.54, 1.807) is 60.7 Å². The molecule has 0 bridgehead atoms. The van der Waals surface area contributed by atoms with Gasteiger partial charge in [-0.2, -0.15) is 10.5 Å². The second kappa shape index (κ2) is 25.1. The van der Waals surface area contributed by atoms with E-state index in [-0.39, 0.29) is 47.4 Å². The molecule has 0 radical (unpaired) electrons. The molecule has 0 aromatic heterocycles. The zero-order valence-corrected chi connectivity index (χ0v) is 35.7. The van der Waals surface area contributed by atoms with Crippen LogP contribution in [0.5, 0.6) is 17.2 Å². The van der Waals surface area contributed by atoms with Crippen LogP contribution in [0, 0.1) is 22.7 Å². The maximum atomic E-state index is 12.1. The van der Waals surface area contributed by atoms with Crippen molar-refractivity contribution in [2.24, 2.45) is 0 Å². The first-order chi connectivity index (χ1) is 32.4. The van der Waals surface area contributed by atoms with E-state index >= 15 is 0 Å². The van der Waals surface area contributed by atoms with Gasteiger partial charge in [0.2, 0.25) is 0 Å². The highest BCUT2D eigenvalue weighted by atomic mass is 16.8. The highest BCUT2D eigenvalue weighted by molar-refractivity contribution is 5.87. The van der Waals surface area contributed by atoms with Crippen molar-refractivity contribution in [3.8, 4) is 29.4 Å². The minimum atomic E-state index is -0.594. The molecular weight excluding hydrogens is 845 g/mol. The molecule has 0 fully saturated rings. The van der Waals surface area contributed by atoms with Crippen LogP contribution in [0.4, 0.5) is 34.1 Å². The van der Waals surface area contributed by atoms with Gasteiger partial charge in [0.1, 0.15) is 18.1 Å². The van der Waals surface area contributed by atoms with Gasteiger partial charge >= 0.3 is 11.9 Å². The Morgan fingerprint density at radius 1 is 0.485 bits per heavy atom. The zero-order chi connectivity index (χ0) is 46.4. The number of rotatable bonds is 25. The lowest BCUT2D eigenvalue weighted by atomic mass is 10.1. The van der Waals surface area contributed by atoms with Gasteiger partial charge in [0.25, 0.3) is 0 Å². The molecule has 0 heterocycles. The van der Waals surface area contributed by atoms with Crippen molar-refractivity contribution in [2.75, 3.05) is 50.6 Å². The fraction of sp³-hybridized carbons (Fsp3) is 0.137. The summed E-state index contributed by atoms with van der Waals surface area (Å²) in [5.74, 6) is 0.347. The summed E-state index contributed by atoms with van der Waals surface area (Å²) in [6.07, 6.45) is 2.22. The zero-order valence-electron chi connectivity index (χ0n) is 35.7. The molecule has 6 rings (SSSR count). The van der Waals surface area contributed by atoms with Gasteiger partial charge in [-0.1, -0.05) is 37.4 Å². The Labute approximate surface area is 381 Å². The van der Waals surface area contributed by atoms with Gasteiger partial charge in [-0.05, 0) is 127 Å². The van der Waals surface area contributed by atoms with Crippen LogP contribution in [0.3, 0.4) is 0 Å². The first-order valence-electron chi connectivity index (χ1n) is 20.2. The number of hydrogen-bond donors (Lipinski definition) is 0. The molecule has 6 aromatic carbocycles. The van der Waals surface area contributed by atoms with Crippen molar-refractivity contribution in [3.63, 3.8) is 0 Å². The van der Waals surface area contributed by atoms with Gasteiger partial charge < -0.3 is 52.4 Å². The molecule has 66 heavy (non-hydrogen) atoms. The number of benzene rings is 6. The molecule has 0 N–H and O–H groups in total. The molecule has 334 valence electrons. The third-order valence-electron chi connectivity index (χ3n) is 9.21. The molecule has 0 aliphatic rings. The number of esters is 2. The summed E-state index contributed by atoms with van der Waals surface area (Å²) >= 11 is 0. The number of hydrogen-bond acceptors (Lipinski definition) is 15. The van der Waals surface area contributed by atoms with E-state index in [1.807, 2.05) is 94.7 Å². The maximum Gasteiger partial charge on any atom is 0.335 e. The molecule has 15 heteroatoms. The highest BCUT2D eigenvalue weighted by Crippen LogP contribution is 2.41. The Kier molecular flexibility index (Phi) is 18.0. The maximum absolute atomic E-state index is 12.1. The van der Waals surface area contributed by atoms with E-state index in [2.05, 4.69) is 25.3 Å². The number of carbonyl (C=O) groups is 2. The summed E-state index contributed by atoms with van der Waals surface area (Å²) in [6, 6.07) is 47.9. The fourth-order valence-corrected chi connectivity index (χ4v) is 6.09. The third-order valence-corrected chi connectivity index (χ3v) is 9.21. The number of nitrogens with zero attached hydrogens (tertiary/aromatic N) is 4. The van der Waals surface area contributed by atoms with Crippen molar-refractivity contribution in [3.05, 3.63) is 188 Å². The SMILES string of the molecule is C=CC(=O)OCc1ccc(N(c2ccc(C#N)cc2)c2ccc(OCOCOCOCOCOCOc3ccc(N(c4ccc(C#N)cc4)c4ccccc4OC(=O)C=C)cc3)cc2)cc1. The summed E-state index contributed by atoms with van der Waals surface area (Å²) in [6.45, 7) is 6.50. The molecule has 0 amide bonds. The normalized spacial score (nSPS) is 10.5. The van der Waals surface area contributed by atoms with E-state index in [0.717, 1.165) is 46.2 Å². The number of nitriles is 2. The second-order valence-electron chi connectivity index (χ2n) is 13.6. The topological polar surface area (TPSA) is 171 Å². The molecule has 0 saturated heterocycles. The number of ether oxygens (including phenoxy) is 9. The lowest BCUT2D eigenvalue weighted by Crippen LogP contribution is -2.13. The predicted molar refractivity (Wildman–Crippen MR) is 243 cm³/mol. The van der Waals surface area contributed by atoms with Gasteiger partial charge in [-0.3, -0.25) is 0 Å². The standard InChI is InChI=1S/C51H44N4O11/c1-3-50(56)63-31-40-13-19-42(20-14-40)54(41-15-9-38(29-52)10-16-41)43-21-25-46(26-22-43)64-36-61-34-59-32-58-33-60-35-62-37-65-47-27-23-45(24-28-47)55(44-17-11-39(30-53)12-18-44)48-7-5-6-8-49(48)66-51(57)4-2/h3-28H,1-2,31-37H2. The number of anilines is 6. The molecule has 0 aliphatic heterocycles. The summed E-state index contributed by atoms with van der Waals surface area (Å²) < 4.78 is 48.9. The fourth-order valence-electron chi connectivity index (χ4n) is 6.09. The lowest BCUT2D eigenvalue weighted by molar-refractivity contribution is -0.205. The summed E-state index contributed by atoms with van der Waals surface area (Å²) in [7, 11) is 0. The number of carbonyl (C=O) groups excluding carboxylic acids is 2. The van der Waals surface area contributed by atoms with Gasteiger partial charge in [0.05, 0.1) is 29.0 Å². The van der Waals surface area contributed by atoms with Crippen molar-refractivity contribution in [1.29, 1.82) is 10.5 Å². The van der Waals surface area contributed by atoms with Crippen LogP contribution < -0.4 is 24.0 Å². The quantitative estimate of drug-likeness (QED) is 0.0175. The van der Waals surface area contributed by atoms with Crippen molar-refractivity contribution in [2.45, 2.75) is 6.61 Å². The van der Waals surface area contributed by atoms with E-state index in [4.69, 9.17) is 42.6 Å². The minimum absolute atomic E-state index is 0.0692. The van der Waals surface area contributed by atoms with Crippen molar-refractivity contribution < 1.29 is 52.2 Å². The van der Waals surface area contributed by atoms with Crippen LogP contribution in [0.25, 0.3) is 0 Å². The van der Waals surface area contributed by atoms with Crippen LogP contribution in [0.15, 0.2) is 171 Å². The van der Waals surface area contributed by atoms with E-state index in [0.29, 0.717) is 34.1 Å². The molecule has 0 saturated carbocycles. The molecule has 0 atom stereocenters. The van der Waals surface area contributed by atoms with Crippen LogP contribution in [0.1, 0.15) is 16.7 Å². The first-order valence-corrected chi connectivity index (χ1v) is 20.2. The molecule has 0 spiro atoms. The Morgan fingerprint density at radius 2 is 0.879 bits per heavy atom. The van der Waals surface area contributed by atoms with Crippen LogP contribution in [-0.4, -0.2) is 52.7 Å². The van der Waals surface area contributed by atoms with Crippen molar-refractivity contribution >= 4 is 46.1 Å². The largest absolute Gasteiger partial charge is 0.467 e. The average Bonchev–Trinajstić information content (AvgIpc) is 3.36. The van der Waals surface area contributed by atoms with Crippen molar-refractivity contribution in [1.82, 2.24) is 0 Å². The summed E-state index contributed by atoms with van der Waals surface area (Å²) in [5, 5.41) is 18.6. The van der Waals surface area contributed by atoms with Crippen LogP contribution >= 0.6 is 0 Å². The second-order valence-corrected chi connectivity index (χ2v) is 13.6. The van der Waals surface area contributed by atoms with E-state index < -0.39 is 11.9 Å². The van der Waals surface area contributed by atoms with Gasteiger partial charge in [0.15, 0.2) is 46.5 Å². The summed E-state index contributed by atoms with van der Waals surface area (Å²) in [5.41, 5.74) is 6.46. The Balaban J connectivity index is 0.876. The third kappa shape index (κ3) is 13.9. The number of para-hydroxylation sites is 2. The van der Waals surface area contributed by atoms with Crippen LogP contribution in [0.2, 0.25) is 0 Å². The molecule has 0 aliphatic carbocycles. The summed E-state index contributed by atoms with van der Waals surface area (Å²) in [4.78, 5) is 27.5. The van der Waals surface area contributed by atoms with E-state index in [9.17, 15) is 20.1 Å². The van der Waals surface area contributed by atoms with Gasteiger partial charge in [-0.15, -0.1) is 0 Å². The van der Waals surface area contributed by atoms with Crippen LogP contribution in [-0.2, 0) is 44.6 Å². The molecular formula is C51H44N4O11. The molecule has 0 unspecified atom stereocenters. The Hall–Kier alpha value is -8.28. The molecule has 15 nitrogen and oxygen atoms in total. The molecule has 6 aromatic rings. The monoisotopic (exact) mass is 888 g/mol.